The highest BCUT2D eigenvalue weighted by Crippen LogP contribution is 2.34. The van der Waals surface area contributed by atoms with Gasteiger partial charge in [-0.25, -0.2) is 4.98 Å². The van der Waals surface area contributed by atoms with Crippen molar-refractivity contribution in [2.75, 3.05) is 11.4 Å². The lowest BCUT2D eigenvalue weighted by Gasteiger charge is -2.18. The first kappa shape index (κ1) is 16.4. The van der Waals surface area contributed by atoms with Crippen LogP contribution >= 0.6 is 0 Å². The molecule has 1 aliphatic rings. The molecule has 0 aliphatic carbocycles. The zero-order chi connectivity index (χ0) is 18.3. The van der Waals surface area contributed by atoms with Crippen molar-refractivity contribution in [3.8, 4) is 0 Å². The van der Waals surface area contributed by atoms with Gasteiger partial charge in [-0.3, -0.25) is 9.36 Å². The molecule has 0 spiro atoms. The highest BCUT2D eigenvalue weighted by Gasteiger charge is 2.34. The summed E-state index contributed by atoms with van der Waals surface area (Å²) in [5.41, 5.74) is 8.08. The Morgan fingerprint density at radius 2 is 1.92 bits per heavy atom. The third-order valence-corrected chi connectivity index (χ3v) is 4.85. The van der Waals surface area contributed by atoms with Crippen LogP contribution in [0.25, 0.3) is 17.2 Å². The predicted octanol–water partition coefficient (Wildman–Crippen LogP) is 4.43. The average molecular weight is 343 g/mol. The maximum absolute atomic E-state index is 12.7. The first-order valence-electron chi connectivity index (χ1n) is 8.78. The van der Waals surface area contributed by atoms with E-state index in [1.165, 1.54) is 0 Å². The van der Waals surface area contributed by atoms with E-state index in [4.69, 9.17) is 4.98 Å². The van der Waals surface area contributed by atoms with Gasteiger partial charge in [-0.1, -0.05) is 24.8 Å². The highest BCUT2D eigenvalue weighted by atomic mass is 16.2. The monoisotopic (exact) mass is 343 g/mol. The van der Waals surface area contributed by atoms with Crippen LogP contribution in [0, 0.1) is 13.8 Å². The van der Waals surface area contributed by atoms with Gasteiger partial charge < -0.3 is 4.90 Å². The van der Waals surface area contributed by atoms with Crippen molar-refractivity contribution in [2.45, 2.75) is 26.2 Å². The van der Waals surface area contributed by atoms with Crippen LogP contribution in [0.4, 0.5) is 5.69 Å². The molecule has 0 unspecified atom stereocenters. The van der Waals surface area contributed by atoms with Crippen LogP contribution < -0.4 is 4.90 Å². The van der Waals surface area contributed by atoms with E-state index in [9.17, 15) is 4.79 Å². The number of anilines is 1. The molecule has 1 aromatic heterocycles. The topological polar surface area (TPSA) is 38.1 Å². The molecule has 26 heavy (non-hydrogen) atoms. The lowest BCUT2D eigenvalue weighted by molar-refractivity contribution is -0.117. The minimum atomic E-state index is 0.0420. The van der Waals surface area contributed by atoms with Gasteiger partial charge in [0.05, 0.1) is 17.2 Å². The average Bonchev–Trinajstić information content (AvgIpc) is 3.15. The van der Waals surface area contributed by atoms with E-state index in [1.807, 2.05) is 33.7 Å². The fraction of sp³-hybridized carbons (Fsp3) is 0.227. The second-order valence-electron chi connectivity index (χ2n) is 6.91. The van der Waals surface area contributed by atoms with E-state index in [-0.39, 0.29) is 11.8 Å². The summed E-state index contributed by atoms with van der Waals surface area (Å²) in [5.74, 6) is 1.07. The number of rotatable bonds is 3. The molecule has 1 saturated heterocycles. The Morgan fingerprint density at radius 1 is 1.19 bits per heavy atom. The van der Waals surface area contributed by atoms with Crippen LogP contribution in [0.15, 0.2) is 54.8 Å². The quantitative estimate of drug-likeness (QED) is 0.660. The number of aryl methyl sites for hydroxylation is 2. The molecule has 1 aliphatic heterocycles. The lowest BCUT2D eigenvalue weighted by atomic mass is 10.1. The van der Waals surface area contributed by atoms with Crippen molar-refractivity contribution in [1.82, 2.24) is 9.55 Å². The van der Waals surface area contributed by atoms with Crippen molar-refractivity contribution in [2.24, 2.45) is 0 Å². The number of imidazole rings is 1. The van der Waals surface area contributed by atoms with E-state index in [0.29, 0.717) is 13.0 Å². The predicted molar refractivity (Wildman–Crippen MR) is 105 cm³/mol. The Kier molecular flexibility index (Phi) is 3.98. The first-order chi connectivity index (χ1) is 12.6. The summed E-state index contributed by atoms with van der Waals surface area (Å²) in [4.78, 5) is 19.4. The van der Waals surface area contributed by atoms with Crippen molar-refractivity contribution in [3.05, 3.63) is 71.7 Å². The Morgan fingerprint density at radius 3 is 2.65 bits per heavy atom. The first-order valence-corrected chi connectivity index (χ1v) is 8.78. The lowest BCUT2D eigenvalue weighted by Crippen LogP contribution is -2.24. The molecule has 1 amide bonds. The molecule has 0 bridgehead atoms. The number of fused-ring (bicyclic) bond motifs is 1. The molecular weight excluding hydrogens is 322 g/mol. The van der Waals surface area contributed by atoms with Gasteiger partial charge in [-0.2, -0.15) is 0 Å². The van der Waals surface area contributed by atoms with Gasteiger partial charge in [-0.05, 0) is 49.2 Å². The third-order valence-electron chi connectivity index (χ3n) is 4.85. The van der Waals surface area contributed by atoms with E-state index in [0.717, 1.165) is 33.7 Å². The summed E-state index contributed by atoms with van der Waals surface area (Å²) in [5, 5.41) is 0. The van der Waals surface area contributed by atoms with E-state index >= 15 is 0 Å². The molecule has 2 aromatic carbocycles. The molecule has 4 heteroatoms. The van der Waals surface area contributed by atoms with Crippen molar-refractivity contribution < 1.29 is 4.79 Å². The van der Waals surface area contributed by atoms with Gasteiger partial charge in [0.2, 0.25) is 5.91 Å². The molecule has 4 rings (SSSR count). The largest absolute Gasteiger partial charge is 0.312 e. The van der Waals surface area contributed by atoms with E-state index in [2.05, 4.69) is 44.4 Å². The summed E-state index contributed by atoms with van der Waals surface area (Å²) < 4.78 is 2.01. The SMILES string of the molecule is C=C=Cn1c([C@H]2CC(=O)N(c3cc(C)cc(C)c3)C2)nc2ccccc21. The van der Waals surface area contributed by atoms with Gasteiger partial charge >= 0.3 is 0 Å². The van der Waals surface area contributed by atoms with Crippen LogP contribution in [-0.2, 0) is 4.79 Å². The maximum Gasteiger partial charge on any atom is 0.227 e. The van der Waals surface area contributed by atoms with Crippen LogP contribution in [0.5, 0.6) is 0 Å². The third kappa shape index (κ3) is 2.75. The molecule has 1 fully saturated rings. The van der Waals surface area contributed by atoms with Crippen molar-refractivity contribution in [1.29, 1.82) is 0 Å². The van der Waals surface area contributed by atoms with Crippen LogP contribution in [-0.4, -0.2) is 22.0 Å². The maximum atomic E-state index is 12.7. The van der Waals surface area contributed by atoms with Gasteiger partial charge in [0.25, 0.3) is 0 Å². The molecule has 1 atom stereocenters. The number of nitrogens with zero attached hydrogens (tertiary/aromatic N) is 3. The van der Waals surface area contributed by atoms with Gasteiger partial charge in [0.1, 0.15) is 5.82 Å². The summed E-state index contributed by atoms with van der Waals surface area (Å²) in [6.45, 7) is 8.45. The van der Waals surface area contributed by atoms with E-state index in [1.54, 1.807) is 6.20 Å². The smallest absolute Gasteiger partial charge is 0.227 e. The number of hydrogen-bond donors (Lipinski definition) is 0. The van der Waals surface area contributed by atoms with Gasteiger partial charge in [0, 0.05) is 24.6 Å². The molecule has 2 heterocycles. The zero-order valence-electron chi connectivity index (χ0n) is 15.1. The van der Waals surface area contributed by atoms with Crippen molar-refractivity contribution in [3.63, 3.8) is 0 Å². The number of amides is 1. The fourth-order valence-corrected chi connectivity index (χ4v) is 3.81. The molecular formula is C22H21N3O. The number of para-hydroxylation sites is 2. The fourth-order valence-electron chi connectivity index (χ4n) is 3.81. The standard InChI is InChI=1S/C22H21N3O/c1-4-9-24-20-8-6-5-7-19(20)23-22(24)17-13-21(26)25(14-17)18-11-15(2)10-16(3)12-18/h5-12,17H,1,13-14H2,2-3H3/t17-/m0/s1. The molecule has 0 N–H and O–H groups in total. The second-order valence-corrected chi connectivity index (χ2v) is 6.91. The minimum Gasteiger partial charge on any atom is -0.312 e. The zero-order valence-corrected chi connectivity index (χ0v) is 15.1. The van der Waals surface area contributed by atoms with Crippen LogP contribution in [0.2, 0.25) is 0 Å². The number of benzene rings is 2. The summed E-state index contributed by atoms with van der Waals surface area (Å²) in [6, 6.07) is 14.2. The minimum absolute atomic E-state index is 0.0420. The summed E-state index contributed by atoms with van der Waals surface area (Å²) >= 11 is 0. The van der Waals surface area contributed by atoms with Crippen LogP contribution in [0.1, 0.15) is 29.3 Å². The molecule has 4 nitrogen and oxygen atoms in total. The highest BCUT2D eigenvalue weighted by molar-refractivity contribution is 5.96. The van der Waals surface area contributed by atoms with Gasteiger partial charge in [-0.15, -0.1) is 5.73 Å². The van der Waals surface area contributed by atoms with Crippen LogP contribution in [0.3, 0.4) is 0 Å². The Hall–Kier alpha value is -3.10. The Balaban J connectivity index is 1.74. The molecule has 0 radical (unpaired) electrons. The summed E-state index contributed by atoms with van der Waals surface area (Å²) in [7, 11) is 0. The number of aromatic nitrogens is 2. The number of carbonyl (C=O) groups is 1. The van der Waals surface area contributed by atoms with E-state index < -0.39 is 0 Å². The molecule has 0 saturated carbocycles. The Labute approximate surface area is 153 Å². The molecule has 3 aromatic rings. The summed E-state index contributed by atoms with van der Waals surface area (Å²) in [6.07, 6.45) is 2.26. The number of hydrogen-bond acceptors (Lipinski definition) is 2. The second kappa shape index (κ2) is 6.32. The molecule has 130 valence electrons. The Bertz CT molecular complexity index is 1040. The normalized spacial score (nSPS) is 16.9. The number of carbonyl (C=O) groups excluding carboxylic acids is 1. The van der Waals surface area contributed by atoms with Crippen molar-refractivity contribution >= 4 is 28.8 Å². The van der Waals surface area contributed by atoms with Gasteiger partial charge in [0.15, 0.2) is 0 Å².